The number of carboxylic acids is 1. The maximum atomic E-state index is 12.4. The summed E-state index contributed by atoms with van der Waals surface area (Å²) >= 11 is 3.35. The molecule has 2 aromatic rings. The molecule has 1 unspecified atom stereocenters. The lowest BCUT2D eigenvalue weighted by Crippen LogP contribution is -2.37. The molecule has 200 valence electrons. The standard InChI is InChI=1S/C25H36BrF2N5O3/c1-3-18-7-8-20(31-24(18)29-2)6-4-5-12-33(14-15-36-17-22(27)28)13-10-21(25(34)35)32-23-16-19(26)9-11-30-23/h7-9,11,16,21-22H,3-6,10,12-15,17H2,1-2H3,(H,29,31)(H,30,32)(H,34,35). The Kier molecular flexibility index (Phi) is 13.6. The second-order valence-electron chi connectivity index (χ2n) is 8.36. The smallest absolute Gasteiger partial charge is 0.326 e. The van der Waals surface area contributed by atoms with Crippen LogP contribution in [0.1, 0.15) is 37.4 Å². The van der Waals surface area contributed by atoms with Gasteiger partial charge >= 0.3 is 5.97 Å². The van der Waals surface area contributed by atoms with Gasteiger partial charge in [-0.3, -0.25) is 0 Å². The van der Waals surface area contributed by atoms with E-state index in [-0.39, 0.29) is 6.61 Å². The average molecular weight is 572 g/mol. The number of aromatic nitrogens is 2. The number of hydrogen-bond donors (Lipinski definition) is 3. The van der Waals surface area contributed by atoms with Gasteiger partial charge in [0.25, 0.3) is 6.43 Å². The normalized spacial score (nSPS) is 12.2. The summed E-state index contributed by atoms with van der Waals surface area (Å²) in [5.74, 6) is 0.388. The van der Waals surface area contributed by atoms with Crippen LogP contribution in [0.5, 0.6) is 0 Å². The fraction of sp³-hybridized carbons (Fsp3) is 0.560. The number of alkyl halides is 2. The van der Waals surface area contributed by atoms with Crippen LogP contribution < -0.4 is 10.6 Å². The molecule has 2 rings (SSSR count). The van der Waals surface area contributed by atoms with Crippen LogP contribution in [0.15, 0.2) is 34.9 Å². The number of nitrogens with one attached hydrogen (secondary N) is 2. The second kappa shape index (κ2) is 16.4. The number of nitrogens with zero attached hydrogens (tertiary/aromatic N) is 3. The fourth-order valence-electron chi connectivity index (χ4n) is 3.74. The van der Waals surface area contributed by atoms with Crippen LogP contribution in [0, 0.1) is 0 Å². The summed E-state index contributed by atoms with van der Waals surface area (Å²) in [6, 6.07) is 6.79. The topological polar surface area (TPSA) is 99.6 Å². The zero-order chi connectivity index (χ0) is 26.3. The van der Waals surface area contributed by atoms with Crippen molar-refractivity contribution in [1.29, 1.82) is 0 Å². The van der Waals surface area contributed by atoms with Crippen LogP contribution in [-0.2, 0) is 22.4 Å². The first-order valence-electron chi connectivity index (χ1n) is 12.2. The van der Waals surface area contributed by atoms with Gasteiger partial charge in [0.15, 0.2) is 0 Å². The molecule has 2 aromatic heterocycles. The molecule has 0 aromatic carbocycles. The van der Waals surface area contributed by atoms with E-state index >= 15 is 0 Å². The lowest BCUT2D eigenvalue weighted by Gasteiger charge is -2.24. The molecule has 3 N–H and O–H groups in total. The Hall–Kier alpha value is -2.37. The minimum absolute atomic E-state index is 0.161. The predicted molar refractivity (Wildman–Crippen MR) is 141 cm³/mol. The van der Waals surface area contributed by atoms with Crippen molar-refractivity contribution in [2.24, 2.45) is 0 Å². The van der Waals surface area contributed by atoms with Crippen molar-refractivity contribution in [3.63, 3.8) is 0 Å². The predicted octanol–water partition coefficient (Wildman–Crippen LogP) is 4.71. The third-order valence-corrected chi connectivity index (χ3v) is 6.18. The van der Waals surface area contributed by atoms with Crippen molar-refractivity contribution in [3.8, 4) is 0 Å². The Bertz CT molecular complexity index is 938. The highest BCUT2D eigenvalue weighted by molar-refractivity contribution is 9.10. The van der Waals surface area contributed by atoms with Gasteiger partial charge in [-0.05, 0) is 62.4 Å². The molecule has 36 heavy (non-hydrogen) atoms. The molecular weight excluding hydrogens is 536 g/mol. The molecule has 0 spiro atoms. The number of hydrogen-bond acceptors (Lipinski definition) is 7. The maximum absolute atomic E-state index is 12.4. The number of unbranched alkanes of at least 4 members (excludes halogenated alkanes) is 1. The van der Waals surface area contributed by atoms with Crippen LogP contribution in [0.3, 0.4) is 0 Å². The van der Waals surface area contributed by atoms with Gasteiger partial charge in [-0.25, -0.2) is 23.5 Å². The summed E-state index contributed by atoms with van der Waals surface area (Å²) in [5.41, 5.74) is 2.19. The number of pyridine rings is 2. The minimum Gasteiger partial charge on any atom is -0.480 e. The summed E-state index contributed by atoms with van der Waals surface area (Å²) in [4.78, 5) is 22.7. The van der Waals surface area contributed by atoms with Crippen molar-refractivity contribution in [1.82, 2.24) is 14.9 Å². The Morgan fingerprint density at radius 2 is 2.03 bits per heavy atom. The van der Waals surface area contributed by atoms with Gasteiger partial charge in [-0.2, -0.15) is 0 Å². The van der Waals surface area contributed by atoms with Gasteiger partial charge in [0.05, 0.1) is 6.61 Å². The molecule has 0 amide bonds. The van der Waals surface area contributed by atoms with E-state index in [1.54, 1.807) is 18.3 Å². The number of carbonyl (C=O) groups is 1. The largest absolute Gasteiger partial charge is 0.480 e. The molecule has 0 saturated heterocycles. The number of aryl methyl sites for hydroxylation is 2. The van der Waals surface area contributed by atoms with E-state index < -0.39 is 25.0 Å². The van der Waals surface area contributed by atoms with E-state index in [9.17, 15) is 18.7 Å². The highest BCUT2D eigenvalue weighted by Gasteiger charge is 2.19. The zero-order valence-electron chi connectivity index (χ0n) is 20.9. The van der Waals surface area contributed by atoms with Gasteiger partial charge in [-0.15, -0.1) is 0 Å². The van der Waals surface area contributed by atoms with Crippen LogP contribution in [0.25, 0.3) is 0 Å². The monoisotopic (exact) mass is 571 g/mol. The Labute approximate surface area is 220 Å². The third-order valence-electron chi connectivity index (χ3n) is 5.68. The molecule has 0 saturated carbocycles. The summed E-state index contributed by atoms with van der Waals surface area (Å²) in [5, 5.41) is 15.8. The average Bonchev–Trinajstić information content (AvgIpc) is 2.85. The molecule has 0 aliphatic rings. The molecule has 0 fully saturated rings. The summed E-state index contributed by atoms with van der Waals surface area (Å²) < 4.78 is 30.7. The quantitative estimate of drug-likeness (QED) is 0.221. The highest BCUT2D eigenvalue weighted by Crippen LogP contribution is 2.16. The van der Waals surface area contributed by atoms with Crippen molar-refractivity contribution < 1.29 is 23.4 Å². The summed E-state index contributed by atoms with van der Waals surface area (Å²) in [6.07, 6.45) is 2.90. The van der Waals surface area contributed by atoms with Crippen LogP contribution in [-0.4, -0.2) is 78.3 Å². The molecule has 0 radical (unpaired) electrons. The lowest BCUT2D eigenvalue weighted by atomic mass is 10.1. The first kappa shape index (κ1) is 29.9. The SMILES string of the molecule is CCc1ccc(CCCCN(CCOCC(F)F)CCC(Nc2cc(Br)ccn2)C(=O)O)nc1NC. The third kappa shape index (κ3) is 11.1. The Balaban J connectivity index is 1.90. The Morgan fingerprint density at radius 3 is 2.69 bits per heavy atom. The molecule has 0 bridgehead atoms. The number of carboxylic acid groups (broad SMARTS) is 1. The molecule has 1 atom stereocenters. The van der Waals surface area contributed by atoms with Gasteiger partial charge < -0.3 is 25.4 Å². The van der Waals surface area contributed by atoms with Crippen molar-refractivity contribution >= 4 is 33.5 Å². The molecule has 11 heteroatoms. The minimum atomic E-state index is -2.51. The van der Waals surface area contributed by atoms with E-state index in [0.717, 1.165) is 41.7 Å². The van der Waals surface area contributed by atoms with Crippen LogP contribution >= 0.6 is 15.9 Å². The van der Waals surface area contributed by atoms with Gasteiger partial charge in [0.1, 0.15) is 24.3 Å². The van der Waals surface area contributed by atoms with E-state index in [0.29, 0.717) is 31.9 Å². The lowest BCUT2D eigenvalue weighted by molar-refractivity contribution is -0.138. The van der Waals surface area contributed by atoms with Gasteiger partial charge in [0, 0.05) is 36.5 Å². The van der Waals surface area contributed by atoms with E-state index in [1.165, 1.54) is 5.56 Å². The molecule has 0 aliphatic carbocycles. The number of ether oxygens (including phenoxy) is 1. The first-order valence-corrected chi connectivity index (χ1v) is 13.0. The molecular formula is C25H36BrF2N5O3. The van der Waals surface area contributed by atoms with Crippen molar-refractivity contribution in [2.75, 3.05) is 50.5 Å². The van der Waals surface area contributed by atoms with E-state index in [2.05, 4.69) is 60.5 Å². The van der Waals surface area contributed by atoms with E-state index in [4.69, 9.17) is 4.74 Å². The van der Waals surface area contributed by atoms with E-state index in [1.807, 2.05) is 7.05 Å². The maximum Gasteiger partial charge on any atom is 0.326 e. The van der Waals surface area contributed by atoms with Crippen molar-refractivity contribution in [3.05, 3.63) is 46.2 Å². The molecule has 0 aliphatic heterocycles. The second-order valence-corrected chi connectivity index (χ2v) is 9.28. The summed E-state index contributed by atoms with van der Waals surface area (Å²) in [6.45, 7) is 3.27. The number of anilines is 2. The number of rotatable bonds is 18. The number of halogens is 3. The highest BCUT2D eigenvalue weighted by atomic mass is 79.9. The summed E-state index contributed by atoms with van der Waals surface area (Å²) in [7, 11) is 1.87. The zero-order valence-corrected chi connectivity index (χ0v) is 22.4. The molecule has 2 heterocycles. The van der Waals surface area contributed by atoms with Gasteiger partial charge in [-0.1, -0.05) is 28.9 Å². The first-order chi connectivity index (χ1) is 17.3. The Morgan fingerprint density at radius 1 is 1.22 bits per heavy atom. The fourth-order valence-corrected chi connectivity index (χ4v) is 4.08. The molecule has 8 nitrogen and oxygen atoms in total. The van der Waals surface area contributed by atoms with Gasteiger partial charge in [0.2, 0.25) is 0 Å². The van der Waals surface area contributed by atoms with Crippen LogP contribution in [0.2, 0.25) is 0 Å². The van der Waals surface area contributed by atoms with Crippen LogP contribution in [0.4, 0.5) is 20.4 Å². The number of aliphatic carboxylic acids is 1. The van der Waals surface area contributed by atoms with Crippen molar-refractivity contribution in [2.45, 2.75) is 51.5 Å².